The second kappa shape index (κ2) is 7.21. The van der Waals surface area contributed by atoms with Crippen molar-refractivity contribution in [2.75, 3.05) is 19.7 Å². The predicted octanol–water partition coefficient (Wildman–Crippen LogP) is 1.34. The number of alkyl carbamates (subject to hydrolysis) is 1. The number of carbonyl (C=O) groups is 1. The fraction of sp³-hybridized carbons (Fsp3) is 0.500. The normalized spacial score (nSPS) is 22.3. The lowest BCUT2D eigenvalue weighted by Gasteiger charge is -2.30. The molecule has 2 rings (SSSR count). The van der Waals surface area contributed by atoms with Crippen LogP contribution in [0.3, 0.4) is 0 Å². The Morgan fingerprint density at radius 2 is 2.20 bits per heavy atom. The van der Waals surface area contributed by atoms with Gasteiger partial charge in [0.2, 0.25) is 0 Å². The first-order chi connectivity index (χ1) is 9.69. The summed E-state index contributed by atoms with van der Waals surface area (Å²) in [6, 6.07) is 6.38. The van der Waals surface area contributed by atoms with Gasteiger partial charge >= 0.3 is 6.09 Å². The fourth-order valence-corrected chi connectivity index (χ4v) is 2.29. The smallest absolute Gasteiger partial charge is 0.407 e. The molecular weight excluding hydrogens is 263 g/mol. The zero-order valence-corrected chi connectivity index (χ0v) is 11.1. The van der Waals surface area contributed by atoms with Crippen LogP contribution in [0.5, 0.6) is 0 Å². The Balaban J connectivity index is 1.88. The van der Waals surface area contributed by atoms with Gasteiger partial charge in [-0.05, 0) is 30.7 Å². The van der Waals surface area contributed by atoms with Crippen LogP contribution in [0.15, 0.2) is 24.3 Å². The average Bonchev–Trinajstić information content (AvgIpc) is 2.46. The van der Waals surface area contributed by atoms with Crippen molar-refractivity contribution in [3.63, 3.8) is 0 Å². The number of hydrogen-bond donors (Lipinski definition) is 3. The molecule has 0 bridgehead atoms. The Morgan fingerprint density at radius 1 is 1.45 bits per heavy atom. The number of ether oxygens (including phenoxy) is 1. The van der Waals surface area contributed by atoms with E-state index in [2.05, 4.69) is 10.6 Å². The molecular formula is C14H19FN2O3. The molecule has 1 amide bonds. The number of hydrogen-bond acceptors (Lipinski definition) is 4. The van der Waals surface area contributed by atoms with E-state index in [0.717, 1.165) is 18.5 Å². The van der Waals surface area contributed by atoms with Crippen LogP contribution in [0.25, 0.3) is 0 Å². The number of piperidine rings is 1. The molecule has 0 aromatic heterocycles. The highest BCUT2D eigenvalue weighted by Gasteiger charge is 2.25. The second-order valence-corrected chi connectivity index (χ2v) is 4.76. The van der Waals surface area contributed by atoms with Gasteiger partial charge in [-0.2, -0.15) is 0 Å². The summed E-state index contributed by atoms with van der Waals surface area (Å²) in [4.78, 5) is 11.4. The number of carbonyl (C=O) groups excluding carboxylic acids is 1. The topological polar surface area (TPSA) is 70.6 Å². The Kier molecular flexibility index (Phi) is 5.31. The zero-order valence-electron chi connectivity index (χ0n) is 11.1. The molecule has 6 heteroatoms. The molecule has 1 saturated heterocycles. The van der Waals surface area contributed by atoms with Gasteiger partial charge in [-0.1, -0.05) is 12.1 Å². The number of amides is 1. The molecule has 0 aliphatic carbocycles. The van der Waals surface area contributed by atoms with Crippen LogP contribution in [0.1, 0.15) is 24.4 Å². The second-order valence-electron chi connectivity index (χ2n) is 4.76. The number of aliphatic hydroxyl groups excluding tert-OH is 1. The van der Waals surface area contributed by atoms with Crippen molar-refractivity contribution in [3.8, 4) is 0 Å². The summed E-state index contributed by atoms with van der Waals surface area (Å²) in [6.45, 7) is 0.810. The van der Waals surface area contributed by atoms with Crippen LogP contribution in [-0.4, -0.2) is 37.0 Å². The summed E-state index contributed by atoms with van der Waals surface area (Å²) in [7, 11) is 0. The van der Waals surface area contributed by atoms with E-state index in [1.807, 2.05) is 0 Å². The van der Waals surface area contributed by atoms with Gasteiger partial charge in [0.25, 0.3) is 0 Å². The summed E-state index contributed by atoms with van der Waals surface area (Å²) >= 11 is 0. The van der Waals surface area contributed by atoms with E-state index >= 15 is 0 Å². The van der Waals surface area contributed by atoms with Crippen molar-refractivity contribution in [2.24, 2.45) is 0 Å². The van der Waals surface area contributed by atoms with Crippen LogP contribution in [0, 0.1) is 5.82 Å². The van der Waals surface area contributed by atoms with Crippen molar-refractivity contribution >= 4 is 6.09 Å². The van der Waals surface area contributed by atoms with Crippen molar-refractivity contribution in [1.82, 2.24) is 10.6 Å². The number of nitrogens with one attached hydrogen (secondary N) is 2. The fourth-order valence-electron chi connectivity index (χ4n) is 2.29. The zero-order chi connectivity index (χ0) is 14.4. The maximum atomic E-state index is 12.9. The van der Waals surface area contributed by atoms with Gasteiger partial charge in [-0.25, -0.2) is 9.18 Å². The average molecular weight is 282 g/mol. The Hall–Kier alpha value is -1.66. The molecule has 0 saturated carbocycles. The molecule has 2 atom stereocenters. The lowest BCUT2D eigenvalue weighted by atomic mass is 9.95. The molecule has 1 aromatic carbocycles. The monoisotopic (exact) mass is 282 g/mol. The van der Waals surface area contributed by atoms with Crippen molar-refractivity contribution in [1.29, 1.82) is 0 Å². The Morgan fingerprint density at radius 3 is 2.90 bits per heavy atom. The van der Waals surface area contributed by atoms with Crippen LogP contribution in [-0.2, 0) is 4.74 Å². The van der Waals surface area contributed by atoms with Crippen LogP contribution < -0.4 is 10.6 Å². The lowest BCUT2D eigenvalue weighted by Crippen LogP contribution is -2.39. The third-order valence-electron chi connectivity index (χ3n) is 3.28. The maximum Gasteiger partial charge on any atom is 0.407 e. The Labute approximate surface area is 117 Å². The maximum absolute atomic E-state index is 12.9. The number of rotatable bonds is 4. The molecule has 110 valence electrons. The minimum Gasteiger partial charge on any atom is -0.446 e. The molecule has 3 N–H and O–H groups in total. The molecule has 1 aromatic rings. The van der Waals surface area contributed by atoms with E-state index in [1.54, 1.807) is 12.1 Å². The molecule has 0 radical (unpaired) electrons. The van der Waals surface area contributed by atoms with Crippen molar-refractivity contribution < 1.29 is 19.0 Å². The first-order valence-corrected chi connectivity index (χ1v) is 6.73. The van der Waals surface area contributed by atoms with Gasteiger partial charge in [0, 0.05) is 19.0 Å². The van der Waals surface area contributed by atoms with E-state index in [0.29, 0.717) is 6.42 Å². The van der Waals surface area contributed by atoms with E-state index in [-0.39, 0.29) is 31.1 Å². The molecule has 1 aliphatic heterocycles. The largest absolute Gasteiger partial charge is 0.446 e. The van der Waals surface area contributed by atoms with E-state index in [9.17, 15) is 9.18 Å². The van der Waals surface area contributed by atoms with Gasteiger partial charge in [-0.3, -0.25) is 0 Å². The van der Waals surface area contributed by atoms with Gasteiger partial charge < -0.3 is 20.5 Å². The summed E-state index contributed by atoms with van der Waals surface area (Å²) in [5, 5.41) is 14.4. The van der Waals surface area contributed by atoms with Gasteiger partial charge in [0.15, 0.2) is 0 Å². The van der Waals surface area contributed by atoms with Crippen LogP contribution in [0.4, 0.5) is 9.18 Å². The van der Waals surface area contributed by atoms with Crippen molar-refractivity contribution in [2.45, 2.75) is 25.0 Å². The highest BCUT2D eigenvalue weighted by molar-refractivity contribution is 5.67. The van der Waals surface area contributed by atoms with Crippen LogP contribution in [0.2, 0.25) is 0 Å². The quantitative estimate of drug-likeness (QED) is 0.779. The molecule has 5 nitrogen and oxygen atoms in total. The molecule has 1 fully saturated rings. The molecule has 1 heterocycles. The predicted molar refractivity (Wildman–Crippen MR) is 71.7 cm³/mol. The third kappa shape index (κ3) is 4.18. The minimum absolute atomic E-state index is 0.0555. The highest BCUT2D eigenvalue weighted by atomic mass is 19.1. The number of aliphatic hydroxyl groups is 1. The SMILES string of the molecule is O=C(NCCO)O[C@H]1CCN[C@@H](c2ccc(F)cc2)C1. The van der Waals surface area contributed by atoms with E-state index in [1.165, 1.54) is 12.1 Å². The number of halogens is 1. The lowest BCUT2D eigenvalue weighted by molar-refractivity contribution is 0.0675. The first kappa shape index (κ1) is 14.7. The molecule has 0 unspecified atom stereocenters. The van der Waals surface area contributed by atoms with Gasteiger partial charge in [0.05, 0.1) is 6.61 Å². The number of benzene rings is 1. The minimum atomic E-state index is -0.510. The summed E-state index contributed by atoms with van der Waals surface area (Å²) in [6.07, 6.45) is 0.705. The summed E-state index contributed by atoms with van der Waals surface area (Å²) in [5.41, 5.74) is 0.982. The van der Waals surface area contributed by atoms with E-state index < -0.39 is 6.09 Å². The van der Waals surface area contributed by atoms with E-state index in [4.69, 9.17) is 9.84 Å². The van der Waals surface area contributed by atoms with Gasteiger partial charge in [-0.15, -0.1) is 0 Å². The Bertz CT molecular complexity index is 439. The first-order valence-electron chi connectivity index (χ1n) is 6.73. The van der Waals surface area contributed by atoms with Crippen molar-refractivity contribution in [3.05, 3.63) is 35.6 Å². The molecule has 0 spiro atoms. The van der Waals surface area contributed by atoms with Crippen LogP contribution >= 0.6 is 0 Å². The summed E-state index contributed by atoms with van der Waals surface area (Å²) in [5.74, 6) is -0.263. The molecule has 20 heavy (non-hydrogen) atoms. The van der Waals surface area contributed by atoms with Gasteiger partial charge in [0.1, 0.15) is 11.9 Å². The standard InChI is InChI=1S/C14H19FN2O3/c15-11-3-1-10(2-4-11)13-9-12(5-6-16-13)20-14(19)17-7-8-18/h1-4,12-13,16,18H,5-9H2,(H,17,19)/t12-,13+/m0/s1. The molecule has 1 aliphatic rings. The summed E-state index contributed by atoms with van der Waals surface area (Å²) < 4.78 is 18.2. The third-order valence-corrected chi connectivity index (χ3v) is 3.28. The highest BCUT2D eigenvalue weighted by Crippen LogP contribution is 2.25.